The number of hydrogen-bond donors (Lipinski definition) is 1. The Labute approximate surface area is 138 Å². The van der Waals surface area contributed by atoms with Crippen molar-refractivity contribution in [1.29, 1.82) is 0 Å². The lowest BCUT2D eigenvalue weighted by Crippen LogP contribution is -2.44. The van der Waals surface area contributed by atoms with E-state index in [1.807, 2.05) is 6.07 Å². The zero-order chi connectivity index (χ0) is 15.5. The van der Waals surface area contributed by atoms with Gasteiger partial charge in [-0.1, -0.05) is 24.6 Å². The molecule has 1 atom stereocenters. The Balaban J connectivity index is 1.49. The Bertz CT molecular complexity index is 500. The predicted molar refractivity (Wildman–Crippen MR) is 91.3 cm³/mol. The minimum atomic E-state index is -0.255. The van der Waals surface area contributed by atoms with Gasteiger partial charge < -0.3 is 10.0 Å². The van der Waals surface area contributed by atoms with Crippen molar-refractivity contribution in [2.75, 3.05) is 32.7 Å². The second-order valence-corrected chi connectivity index (χ2v) is 7.47. The molecule has 0 saturated carbocycles. The molecule has 0 spiro atoms. The Hall–Kier alpha value is -0.610. The lowest BCUT2D eigenvalue weighted by Gasteiger charge is -2.34. The number of halogens is 1. The smallest absolute Gasteiger partial charge is 0.0793 e. The summed E-state index contributed by atoms with van der Waals surface area (Å²) in [4.78, 5) is 4.77. The van der Waals surface area contributed by atoms with Crippen LogP contribution in [0.4, 0.5) is 0 Å². The molecule has 4 heteroatoms. The lowest BCUT2D eigenvalue weighted by molar-refractivity contribution is 0.0576. The van der Waals surface area contributed by atoms with E-state index in [1.165, 1.54) is 24.0 Å². The van der Waals surface area contributed by atoms with Gasteiger partial charge in [0.15, 0.2) is 0 Å². The van der Waals surface area contributed by atoms with Gasteiger partial charge in [0.25, 0.3) is 0 Å². The maximum atomic E-state index is 10.4. The van der Waals surface area contributed by atoms with Crippen LogP contribution in [0.1, 0.15) is 30.9 Å². The molecule has 1 aromatic rings. The third kappa shape index (κ3) is 4.23. The van der Waals surface area contributed by atoms with Gasteiger partial charge >= 0.3 is 0 Å². The van der Waals surface area contributed by atoms with E-state index < -0.39 is 0 Å². The summed E-state index contributed by atoms with van der Waals surface area (Å²) in [5.74, 6) is 0.844. The summed E-state index contributed by atoms with van der Waals surface area (Å²) in [6.07, 6.45) is 3.33. The summed E-state index contributed by atoms with van der Waals surface area (Å²) in [7, 11) is 0. The second-order valence-electron chi connectivity index (χ2n) is 7.04. The third-order valence-electron chi connectivity index (χ3n) is 5.07. The van der Waals surface area contributed by atoms with Gasteiger partial charge in [0.05, 0.1) is 6.10 Å². The van der Waals surface area contributed by atoms with Crippen LogP contribution in [0.2, 0.25) is 5.02 Å². The van der Waals surface area contributed by atoms with Gasteiger partial charge in [0.1, 0.15) is 0 Å². The number of hydrogen-bond acceptors (Lipinski definition) is 3. The molecule has 0 bridgehead atoms. The zero-order valence-electron chi connectivity index (χ0n) is 13.5. The highest BCUT2D eigenvalue weighted by Gasteiger charge is 2.22. The van der Waals surface area contributed by atoms with Crippen LogP contribution < -0.4 is 0 Å². The van der Waals surface area contributed by atoms with Crippen molar-refractivity contribution in [3.63, 3.8) is 0 Å². The highest BCUT2D eigenvalue weighted by Crippen LogP contribution is 2.23. The number of fused-ring (bicyclic) bond motifs is 1. The van der Waals surface area contributed by atoms with Crippen molar-refractivity contribution >= 4 is 11.6 Å². The zero-order valence-corrected chi connectivity index (χ0v) is 14.2. The van der Waals surface area contributed by atoms with E-state index in [0.717, 1.165) is 56.6 Å². The number of aliphatic hydroxyl groups is 1. The van der Waals surface area contributed by atoms with Crippen molar-refractivity contribution in [2.45, 2.75) is 38.8 Å². The van der Waals surface area contributed by atoms with E-state index in [2.05, 4.69) is 28.9 Å². The van der Waals surface area contributed by atoms with E-state index in [1.54, 1.807) is 0 Å². The van der Waals surface area contributed by atoms with Gasteiger partial charge in [-0.05, 0) is 61.5 Å². The topological polar surface area (TPSA) is 26.7 Å². The van der Waals surface area contributed by atoms with Gasteiger partial charge in [-0.2, -0.15) is 0 Å². The lowest BCUT2D eigenvalue weighted by atomic mass is 9.98. The molecule has 122 valence electrons. The van der Waals surface area contributed by atoms with E-state index in [0.29, 0.717) is 0 Å². The first-order valence-corrected chi connectivity index (χ1v) is 8.88. The minimum Gasteiger partial charge on any atom is -0.390 e. The fourth-order valence-electron chi connectivity index (χ4n) is 3.64. The molecule has 2 heterocycles. The molecule has 0 radical (unpaired) electrons. The Morgan fingerprint density at radius 3 is 2.64 bits per heavy atom. The van der Waals surface area contributed by atoms with Crippen LogP contribution in [0.15, 0.2) is 18.2 Å². The van der Waals surface area contributed by atoms with E-state index in [9.17, 15) is 5.11 Å². The number of β-amino-alcohol motifs (C(OH)–C–C–N with tert-alkyl or cyclic N) is 1. The van der Waals surface area contributed by atoms with Crippen molar-refractivity contribution in [3.05, 3.63) is 34.3 Å². The minimum absolute atomic E-state index is 0.255. The average Bonchev–Trinajstić information content (AvgIpc) is 2.49. The number of aliphatic hydroxyl groups excluding tert-OH is 1. The van der Waals surface area contributed by atoms with Crippen LogP contribution in [-0.2, 0) is 13.0 Å². The van der Waals surface area contributed by atoms with Gasteiger partial charge in [-0.15, -0.1) is 0 Å². The quantitative estimate of drug-likeness (QED) is 0.923. The molecular formula is C18H27ClN2O. The first-order chi connectivity index (χ1) is 10.6. The van der Waals surface area contributed by atoms with Crippen LogP contribution in [0.5, 0.6) is 0 Å². The van der Waals surface area contributed by atoms with Gasteiger partial charge in [-0.25, -0.2) is 0 Å². The average molecular weight is 323 g/mol. The van der Waals surface area contributed by atoms with Crippen molar-refractivity contribution in [1.82, 2.24) is 9.80 Å². The predicted octanol–water partition coefficient (Wildman–Crippen LogP) is 2.79. The maximum Gasteiger partial charge on any atom is 0.0793 e. The molecule has 0 aliphatic carbocycles. The summed E-state index contributed by atoms with van der Waals surface area (Å²) in [5, 5.41) is 11.2. The number of nitrogens with zero attached hydrogens (tertiary/aromatic N) is 2. The molecule has 1 N–H and O–H groups in total. The summed E-state index contributed by atoms with van der Waals surface area (Å²) in [5.41, 5.74) is 2.72. The van der Waals surface area contributed by atoms with E-state index in [-0.39, 0.29) is 6.10 Å². The Morgan fingerprint density at radius 1 is 1.14 bits per heavy atom. The summed E-state index contributed by atoms with van der Waals surface area (Å²) in [6, 6.07) is 6.18. The third-order valence-corrected chi connectivity index (χ3v) is 5.31. The summed E-state index contributed by atoms with van der Waals surface area (Å²) in [6.45, 7) is 8.10. The normalized spacial score (nSPS) is 22.5. The standard InChI is InChI=1S/C18H27ClN2O/c1-14-4-7-20(8-5-14)12-18(22)13-21-9-6-15-2-3-17(19)10-16(15)11-21/h2-3,10,14,18,22H,4-9,11-13H2,1H3. The summed E-state index contributed by atoms with van der Waals surface area (Å²) < 4.78 is 0. The molecule has 3 nitrogen and oxygen atoms in total. The second kappa shape index (κ2) is 7.31. The molecule has 2 aliphatic rings. The first kappa shape index (κ1) is 16.3. The van der Waals surface area contributed by atoms with Gasteiger partial charge in [-0.3, -0.25) is 4.90 Å². The van der Waals surface area contributed by atoms with Crippen LogP contribution in [0, 0.1) is 5.92 Å². The highest BCUT2D eigenvalue weighted by atomic mass is 35.5. The van der Waals surface area contributed by atoms with Crippen LogP contribution >= 0.6 is 11.6 Å². The molecule has 22 heavy (non-hydrogen) atoms. The van der Waals surface area contributed by atoms with Crippen LogP contribution in [0.3, 0.4) is 0 Å². The van der Waals surface area contributed by atoms with Crippen molar-refractivity contribution in [2.24, 2.45) is 5.92 Å². The summed E-state index contributed by atoms with van der Waals surface area (Å²) >= 11 is 6.10. The maximum absolute atomic E-state index is 10.4. The number of likely N-dealkylation sites (tertiary alicyclic amines) is 1. The SMILES string of the molecule is CC1CCN(CC(O)CN2CCc3ccc(Cl)cc3C2)CC1. The number of piperidine rings is 1. The fourth-order valence-corrected chi connectivity index (χ4v) is 3.83. The molecule has 1 saturated heterocycles. The molecule has 2 aliphatic heterocycles. The van der Waals surface area contributed by atoms with Gasteiger partial charge in [0.2, 0.25) is 0 Å². The molecule has 0 amide bonds. The van der Waals surface area contributed by atoms with Gasteiger partial charge in [0, 0.05) is 31.2 Å². The molecule has 1 fully saturated rings. The first-order valence-electron chi connectivity index (χ1n) is 8.50. The highest BCUT2D eigenvalue weighted by molar-refractivity contribution is 6.30. The monoisotopic (exact) mass is 322 g/mol. The molecule has 1 unspecified atom stereocenters. The fraction of sp³-hybridized carbons (Fsp3) is 0.667. The van der Waals surface area contributed by atoms with Crippen molar-refractivity contribution < 1.29 is 5.11 Å². The molecule has 3 rings (SSSR count). The number of benzene rings is 1. The Morgan fingerprint density at radius 2 is 1.86 bits per heavy atom. The van der Waals surface area contributed by atoms with Crippen LogP contribution in [-0.4, -0.2) is 53.7 Å². The molecular weight excluding hydrogens is 296 g/mol. The van der Waals surface area contributed by atoms with E-state index in [4.69, 9.17) is 11.6 Å². The Kier molecular flexibility index (Phi) is 5.40. The molecule has 1 aromatic carbocycles. The largest absolute Gasteiger partial charge is 0.390 e. The van der Waals surface area contributed by atoms with Crippen molar-refractivity contribution in [3.8, 4) is 0 Å². The van der Waals surface area contributed by atoms with E-state index >= 15 is 0 Å². The molecule has 0 aromatic heterocycles. The van der Waals surface area contributed by atoms with Crippen LogP contribution in [0.25, 0.3) is 0 Å². The number of rotatable bonds is 4.